The number of anilines is 3. The average molecular weight is 565 g/mol. The molecular weight excluding hydrogens is 536 g/mol. The first kappa shape index (κ1) is 25.8. The molecule has 0 aliphatic carbocycles. The van der Waals surface area contributed by atoms with Gasteiger partial charge in [0.1, 0.15) is 11.1 Å². The van der Waals surface area contributed by atoms with Crippen molar-refractivity contribution >= 4 is 39.1 Å². The maximum atomic E-state index is 6.27. The number of hydrogen-bond donors (Lipinski definition) is 0. The Morgan fingerprint density at radius 1 is 0.432 bits per heavy atom. The summed E-state index contributed by atoms with van der Waals surface area (Å²) >= 11 is 0. The van der Waals surface area contributed by atoms with Crippen molar-refractivity contribution in [2.24, 2.45) is 0 Å². The highest BCUT2D eigenvalue weighted by Gasteiger charge is 2.19. The predicted octanol–water partition coefficient (Wildman–Crippen LogP) is 11.5. The molecule has 0 fully saturated rings. The van der Waals surface area contributed by atoms with Crippen LogP contribution in [0, 0.1) is 0 Å². The molecule has 0 radical (unpaired) electrons. The van der Waals surface area contributed by atoms with Crippen LogP contribution in [-0.2, 0) is 0 Å². The molecular formula is C41H28N2O. The third-order valence-corrected chi connectivity index (χ3v) is 8.15. The van der Waals surface area contributed by atoms with E-state index in [9.17, 15) is 0 Å². The molecule has 44 heavy (non-hydrogen) atoms. The normalized spacial score (nSPS) is 11.2. The zero-order valence-electron chi connectivity index (χ0n) is 24.0. The monoisotopic (exact) mass is 564 g/mol. The molecule has 0 aliphatic heterocycles. The lowest BCUT2D eigenvalue weighted by molar-refractivity contribution is 0.668. The van der Waals surface area contributed by atoms with Crippen LogP contribution in [0.2, 0.25) is 0 Å². The van der Waals surface area contributed by atoms with E-state index >= 15 is 0 Å². The van der Waals surface area contributed by atoms with Crippen molar-refractivity contribution < 1.29 is 4.42 Å². The minimum atomic E-state index is 0.789. The van der Waals surface area contributed by atoms with Crippen molar-refractivity contribution in [2.45, 2.75) is 0 Å². The average Bonchev–Trinajstić information content (AvgIpc) is 3.48. The van der Waals surface area contributed by atoms with E-state index in [0.29, 0.717) is 0 Å². The largest absolute Gasteiger partial charge is 0.454 e. The fourth-order valence-corrected chi connectivity index (χ4v) is 5.97. The number of rotatable bonds is 6. The maximum absolute atomic E-state index is 6.27. The van der Waals surface area contributed by atoms with E-state index in [0.717, 1.165) is 50.3 Å². The molecule has 3 heteroatoms. The third-order valence-electron chi connectivity index (χ3n) is 8.15. The molecule has 0 saturated carbocycles. The molecule has 0 saturated heterocycles. The SMILES string of the molecule is c1ccc(-c2ccc(-c3ccccc3N(c3ccc(-c4ccccc4)cc3)c3ccc4c(c3)oc3cccnc34)cc2)cc1. The zero-order chi connectivity index (χ0) is 29.3. The van der Waals surface area contributed by atoms with Gasteiger partial charge in [0, 0.05) is 34.6 Å². The quantitative estimate of drug-likeness (QED) is 0.201. The molecule has 2 aromatic heterocycles. The van der Waals surface area contributed by atoms with E-state index in [2.05, 4.69) is 149 Å². The predicted molar refractivity (Wildman–Crippen MR) is 183 cm³/mol. The zero-order valence-corrected chi connectivity index (χ0v) is 24.0. The van der Waals surface area contributed by atoms with Crippen LogP contribution in [0.15, 0.2) is 174 Å². The van der Waals surface area contributed by atoms with Crippen LogP contribution in [0.1, 0.15) is 0 Å². The summed E-state index contributed by atoms with van der Waals surface area (Å²) in [4.78, 5) is 6.89. The van der Waals surface area contributed by atoms with Crippen LogP contribution in [0.4, 0.5) is 17.1 Å². The Kier molecular flexibility index (Phi) is 6.47. The van der Waals surface area contributed by atoms with Gasteiger partial charge in [0.25, 0.3) is 0 Å². The van der Waals surface area contributed by atoms with E-state index < -0.39 is 0 Å². The van der Waals surface area contributed by atoms with E-state index in [1.165, 1.54) is 22.3 Å². The fraction of sp³-hybridized carbons (Fsp3) is 0. The third kappa shape index (κ3) is 4.71. The van der Waals surface area contributed by atoms with E-state index in [1.807, 2.05) is 30.5 Å². The van der Waals surface area contributed by atoms with Gasteiger partial charge in [-0.1, -0.05) is 115 Å². The van der Waals surface area contributed by atoms with Gasteiger partial charge >= 0.3 is 0 Å². The van der Waals surface area contributed by atoms with Gasteiger partial charge in [0.05, 0.1) is 5.69 Å². The first-order valence-corrected chi connectivity index (χ1v) is 14.8. The van der Waals surface area contributed by atoms with Gasteiger partial charge in [-0.3, -0.25) is 4.98 Å². The molecule has 8 aromatic rings. The molecule has 0 atom stereocenters. The molecule has 2 heterocycles. The Balaban J connectivity index is 1.27. The molecule has 0 N–H and O–H groups in total. The maximum Gasteiger partial charge on any atom is 0.153 e. The minimum absolute atomic E-state index is 0.789. The number of hydrogen-bond acceptors (Lipinski definition) is 3. The topological polar surface area (TPSA) is 29.3 Å². The highest BCUT2D eigenvalue weighted by atomic mass is 16.3. The van der Waals surface area contributed by atoms with Gasteiger partial charge < -0.3 is 9.32 Å². The summed E-state index contributed by atoms with van der Waals surface area (Å²) in [6.45, 7) is 0. The van der Waals surface area contributed by atoms with Crippen molar-refractivity contribution in [1.82, 2.24) is 4.98 Å². The number of furan rings is 1. The number of para-hydroxylation sites is 1. The van der Waals surface area contributed by atoms with Crippen LogP contribution in [0.5, 0.6) is 0 Å². The van der Waals surface area contributed by atoms with Gasteiger partial charge in [-0.2, -0.15) is 0 Å². The van der Waals surface area contributed by atoms with E-state index in [1.54, 1.807) is 0 Å². The summed E-state index contributed by atoms with van der Waals surface area (Å²) in [6.07, 6.45) is 1.81. The molecule has 3 nitrogen and oxygen atoms in total. The molecule has 0 bridgehead atoms. The Bertz CT molecular complexity index is 2200. The molecule has 0 spiro atoms. The van der Waals surface area contributed by atoms with Crippen LogP contribution < -0.4 is 4.90 Å². The Morgan fingerprint density at radius 3 is 1.70 bits per heavy atom. The number of benzene rings is 6. The summed E-state index contributed by atoms with van der Waals surface area (Å²) in [5, 5.41) is 1.01. The van der Waals surface area contributed by atoms with Gasteiger partial charge in [-0.15, -0.1) is 0 Å². The molecule has 0 unspecified atom stereocenters. The molecule has 8 rings (SSSR count). The van der Waals surface area contributed by atoms with E-state index in [-0.39, 0.29) is 0 Å². The number of aromatic nitrogens is 1. The molecule has 208 valence electrons. The summed E-state index contributed by atoms with van der Waals surface area (Å²) in [5.41, 5.74) is 12.7. The van der Waals surface area contributed by atoms with Gasteiger partial charge in [0.2, 0.25) is 0 Å². The second kappa shape index (κ2) is 11.0. The van der Waals surface area contributed by atoms with Crippen LogP contribution in [0.3, 0.4) is 0 Å². The first-order valence-electron chi connectivity index (χ1n) is 14.8. The number of nitrogens with zero attached hydrogens (tertiary/aromatic N) is 2. The van der Waals surface area contributed by atoms with Crippen molar-refractivity contribution in [1.29, 1.82) is 0 Å². The standard InChI is InChI=1S/C41H28N2O/c1-3-10-29(11-4-1)31-17-19-33(20-18-31)36-14-7-8-15-38(36)43(34-23-21-32(22-24-34)30-12-5-2-6-13-30)35-25-26-37-40(28-35)44-39-16-9-27-42-41(37)39/h1-28H. The summed E-state index contributed by atoms with van der Waals surface area (Å²) in [7, 11) is 0. The van der Waals surface area contributed by atoms with Crippen LogP contribution >= 0.6 is 0 Å². The Morgan fingerprint density at radius 2 is 1.00 bits per heavy atom. The van der Waals surface area contributed by atoms with Crippen molar-refractivity contribution in [2.75, 3.05) is 4.90 Å². The fourth-order valence-electron chi connectivity index (χ4n) is 5.97. The minimum Gasteiger partial charge on any atom is -0.454 e. The van der Waals surface area contributed by atoms with E-state index in [4.69, 9.17) is 4.42 Å². The molecule has 0 amide bonds. The second-order valence-corrected chi connectivity index (χ2v) is 10.8. The highest BCUT2D eigenvalue weighted by Crippen LogP contribution is 2.43. The van der Waals surface area contributed by atoms with Gasteiger partial charge in [-0.05, 0) is 70.3 Å². The Labute approximate surface area is 256 Å². The smallest absolute Gasteiger partial charge is 0.153 e. The molecule has 0 aliphatic rings. The summed E-state index contributed by atoms with van der Waals surface area (Å²) in [5.74, 6) is 0. The Hall–Kier alpha value is -5.93. The van der Waals surface area contributed by atoms with Crippen LogP contribution in [0.25, 0.3) is 55.4 Å². The van der Waals surface area contributed by atoms with Gasteiger partial charge in [-0.25, -0.2) is 0 Å². The first-order chi connectivity index (χ1) is 21.8. The summed E-state index contributed by atoms with van der Waals surface area (Å²) < 4.78 is 6.27. The van der Waals surface area contributed by atoms with Crippen molar-refractivity contribution in [3.05, 3.63) is 170 Å². The second-order valence-electron chi connectivity index (χ2n) is 10.8. The lowest BCUT2D eigenvalue weighted by Crippen LogP contribution is -2.11. The number of fused-ring (bicyclic) bond motifs is 3. The lowest BCUT2D eigenvalue weighted by Gasteiger charge is -2.28. The lowest BCUT2D eigenvalue weighted by atomic mass is 9.98. The van der Waals surface area contributed by atoms with Crippen LogP contribution in [-0.4, -0.2) is 4.98 Å². The summed E-state index contributed by atoms with van der Waals surface area (Å²) in [6, 6.07) is 57.5. The van der Waals surface area contributed by atoms with Crippen molar-refractivity contribution in [3.8, 4) is 33.4 Å². The number of pyridine rings is 1. The highest BCUT2D eigenvalue weighted by molar-refractivity contribution is 6.04. The molecule has 6 aromatic carbocycles. The van der Waals surface area contributed by atoms with Crippen molar-refractivity contribution in [3.63, 3.8) is 0 Å². The van der Waals surface area contributed by atoms with Gasteiger partial charge in [0.15, 0.2) is 5.58 Å².